The number of nitrogens with two attached hydrogens (primary N) is 1. The number of carbonyl (C=O) groups is 2. The first-order chi connectivity index (χ1) is 17.9. The third-order valence-corrected chi connectivity index (χ3v) is 5.78. The molecule has 3 aromatic heterocycles. The van der Waals surface area contributed by atoms with Crippen LogP contribution in [0, 0.1) is 18.7 Å². The average molecular weight is 526 g/mol. The Labute approximate surface area is 219 Å². The summed E-state index contributed by atoms with van der Waals surface area (Å²) in [5, 5.41) is 17.4. The number of aromatic nitrogens is 5. The molecule has 4 rings (SSSR count). The van der Waals surface area contributed by atoms with E-state index < -0.39 is 29.5 Å². The fraction of sp³-hybridized carbons (Fsp3) is 0.440. The molecule has 3 aromatic rings. The van der Waals surface area contributed by atoms with Gasteiger partial charge < -0.3 is 26.4 Å². The van der Waals surface area contributed by atoms with Crippen molar-refractivity contribution >= 4 is 29.3 Å². The van der Waals surface area contributed by atoms with Crippen molar-refractivity contribution in [1.29, 1.82) is 0 Å². The summed E-state index contributed by atoms with van der Waals surface area (Å²) in [7, 11) is 0. The van der Waals surface area contributed by atoms with E-state index in [4.69, 9.17) is 10.5 Å². The Kier molecular flexibility index (Phi) is 7.46. The van der Waals surface area contributed by atoms with Crippen LogP contribution in [-0.4, -0.2) is 54.6 Å². The molecule has 3 heterocycles. The molecular weight excluding hydrogens is 493 g/mol. The predicted molar refractivity (Wildman–Crippen MR) is 139 cm³/mol. The Morgan fingerprint density at radius 2 is 1.92 bits per heavy atom. The molecule has 1 aliphatic rings. The number of carbonyl (C=O) groups excluding carboxylic acids is 2. The van der Waals surface area contributed by atoms with Crippen molar-refractivity contribution < 1.29 is 18.7 Å². The zero-order chi connectivity index (χ0) is 27.6. The average Bonchev–Trinajstić information content (AvgIpc) is 3.56. The minimum Gasteiger partial charge on any atom is -0.444 e. The first kappa shape index (κ1) is 26.8. The molecule has 38 heavy (non-hydrogen) atoms. The van der Waals surface area contributed by atoms with E-state index in [2.05, 4.69) is 36.1 Å². The van der Waals surface area contributed by atoms with Crippen LogP contribution >= 0.6 is 0 Å². The van der Waals surface area contributed by atoms with Crippen molar-refractivity contribution in [1.82, 2.24) is 30.3 Å². The topological polar surface area (TPSA) is 162 Å². The number of aryl methyl sites for hydroxylation is 1. The van der Waals surface area contributed by atoms with Gasteiger partial charge in [0.15, 0.2) is 11.6 Å². The highest BCUT2D eigenvalue weighted by Crippen LogP contribution is 2.36. The van der Waals surface area contributed by atoms with E-state index in [-0.39, 0.29) is 29.2 Å². The van der Waals surface area contributed by atoms with Crippen LogP contribution < -0.4 is 21.7 Å². The smallest absolute Gasteiger partial charge is 0.407 e. The van der Waals surface area contributed by atoms with Gasteiger partial charge in [0, 0.05) is 6.04 Å². The number of ether oxygens (including phenoxy) is 1. The largest absolute Gasteiger partial charge is 0.444 e. The normalized spacial score (nSPS) is 14.9. The summed E-state index contributed by atoms with van der Waals surface area (Å²) in [5.41, 5.74) is 6.50. The van der Waals surface area contributed by atoms with Crippen LogP contribution in [0.15, 0.2) is 30.7 Å². The molecular formula is C25H32FN9O3. The van der Waals surface area contributed by atoms with E-state index in [0.717, 1.165) is 24.6 Å². The summed E-state index contributed by atoms with van der Waals surface area (Å²) in [6.07, 6.45) is 5.98. The van der Waals surface area contributed by atoms with Crippen molar-refractivity contribution in [2.24, 2.45) is 11.7 Å². The van der Waals surface area contributed by atoms with Crippen molar-refractivity contribution in [2.75, 3.05) is 10.6 Å². The lowest BCUT2D eigenvalue weighted by Crippen LogP contribution is -2.47. The zero-order valence-electron chi connectivity index (χ0n) is 21.9. The first-order valence-electron chi connectivity index (χ1n) is 12.3. The number of primary amides is 1. The number of pyridine rings is 2. The number of halogens is 1. The molecule has 0 aromatic carbocycles. The van der Waals surface area contributed by atoms with E-state index in [1.165, 1.54) is 11.0 Å². The second-order valence-electron chi connectivity index (χ2n) is 10.4. The highest BCUT2D eigenvalue weighted by Gasteiger charge is 2.37. The van der Waals surface area contributed by atoms with Gasteiger partial charge in [-0.15, -0.1) is 4.80 Å². The standard InChI is InChI=1S/C25H32FN9O3/c1-13-10-29-35(34-13)17-8-16(11-28-12-17)31-22-18(21(27)36)9-19(26)23(33-22)32-20(15-6-7-15)14(2)30-24(37)38-25(3,4)5/h8-12,14-15,20H,6-7H2,1-5H3,(H2,27,36)(H,30,37)(H2,31,32,33)/t14-,20-/m0/s1. The lowest BCUT2D eigenvalue weighted by atomic mass is 10.0. The summed E-state index contributed by atoms with van der Waals surface area (Å²) < 4.78 is 20.5. The highest BCUT2D eigenvalue weighted by molar-refractivity contribution is 5.98. The van der Waals surface area contributed by atoms with Crippen LogP contribution in [0.2, 0.25) is 0 Å². The van der Waals surface area contributed by atoms with Gasteiger partial charge in [-0.1, -0.05) is 0 Å². The molecule has 1 saturated carbocycles. The maximum atomic E-state index is 15.1. The minimum absolute atomic E-state index is 0.0484. The molecule has 202 valence electrons. The molecule has 5 N–H and O–H groups in total. The van der Waals surface area contributed by atoms with Crippen molar-refractivity contribution in [3.63, 3.8) is 0 Å². The van der Waals surface area contributed by atoms with Crippen LogP contribution in [0.4, 0.5) is 26.5 Å². The minimum atomic E-state index is -0.849. The summed E-state index contributed by atoms with van der Waals surface area (Å²) in [6.45, 7) is 8.96. The SMILES string of the molecule is Cc1cnn(-c2cncc(Nc3nc(N[C@H](C4CC4)[C@H](C)NC(=O)OC(C)(C)C)c(F)cc3C(N)=O)c2)n1. The van der Waals surface area contributed by atoms with Gasteiger partial charge in [-0.3, -0.25) is 9.78 Å². The lowest BCUT2D eigenvalue weighted by Gasteiger charge is -2.28. The van der Waals surface area contributed by atoms with Crippen molar-refractivity contribution in [2.45, 2.75) is 65.1 Å². The van der Waals surface area contributed by atoms with E-state index in [9.17, 15) is 9.59 Å². The van der Waals surface area contributed by atoms with Crippen LogP contribution in [0.5, 0.6) is 0 Å². The Bertz CT molecular complexity index is 1330. The van der Waals surface area contributed by atoms with Crippen LogP contribution in [-0.2, 0) is 4.74 Å². The van der Waals surface area contributed by atoms with Gasteiger partial charge in [-0.25, -0.2) is 14.2 Å². The fourth-order valence-corrected chi connectivity index (χ4v) is 3.93. The molecule has 0 aliphatic heterocycles. The number of nitrogens with one attached hydrogen (secondary N) is 3. The third-order valence-electron chi connectivity index (χ3n) is 5.78. The lowest BCUT2D eigenvalue weighted by molar-refractivity contribution is 0.0501. The quantitative estimate of drug-likeness (QED) is 0.328. The van der Waals surface area contributed by atoms with Gasteiger partial charge in [0.1, 0.15) is 17.1 Å². The fourth-order valence-electron chi connectivity index (χ4n) is 3.93. The van der Waals surface area contributed by atoms with Gasteiger partial charge in [0.25, 0.3) is 5.91 Å². The Balaban J connectivity index is 1.58. The summed E-state index contributed by atoms with van der Waals surface area (Å²) in [4.78, 5) is 34.4. The first-order valence-corrected chi connectivity index (χ1v) is 12.3. The number of hydrogen-bond acceptors (Lipinski definition) is 9. The zero-order valence-corrected chi connectivity index (χ0v) is 21.9. The van der Waals surface area contributed by atoms with E-state index in [0.29, 0.717) is 11.4 Å². The Morgan fingerprint density at radius 3 is 2.53 bits per heavy atom. The Hall–Kier alpha value is -4.29. The van der Waals surface area contributed by atoms with E-state index in [1.807, 2.05) is 13.8 Å². The number of alkyl carbamates (subject to hydrolysis) is 1. The van der Waals surface area contributed by atoms with Crippen molar-refractivity contribution in [3.05, 3.63) is 47.8 Å². The molecule has 12 nitrogen and oxygen atoms in total. The second-order valence-corrected chi connectivity index (χ2v) is 10.4. The summed E-state index contributed by atoms with van der Waals surface area (Å²) in [6, 6.07) is 2.02. The van der Waals surface area contributed by atoms with Crippen molar-refractivity contribution in [3.8, 4) is 5.69 Å². The molecule has 1 fully saturated rings. The molecule has 2 atom stereocenters. The molecule has 0 saturated heterocycles. The van der Waals surface area contributed by atoms with E-state index in [1.54, 1.807) is 39.2 Å². The van der Waals surface area contributed by atoms with Crippen LogP contribution in [0.1, 0.15) is 56.6 Å². The number of amides is 2. The molecule has 0 unspecified atom stereocenters. The highest BCUT2D eigenvalue weighted by atomic mass is 19.1. The molecule has 2 amide bonds. The molecule has 1 aliphatic carbocycles. The number of hydrogen-bond donors (Lipinski definition) is 4. The maximum Gasteiger partial charge on any atom is 0.407 e. The third kappa shape index (κ3) is 6.72. The molecule has 0 spiro atoms. The van der Waals surface area contributed by atoms with Gasteiger partial charge in [0.2, 0.25) is 0 Å². The summed E-state index contributed by atoms with van der Waals surface area (Å²) in [5.74, 6) is -1.42. The van der Waals surface area contributed by atoms with E-state index >= 15 is 4.39 Å². The number of anilines is 3. The van der Waals surface area contributed by atoms with Gasteiger partial charge >= 0.3 is 6.09 Å². The van der Waals surface area contributed by atoms with Crippen LogP contribution in [0.3, 0.4) is 0 Å². The number of nitrogens with zero attached hydrogens (tertiary/aromatic N) is 5. The predicted octanol–water partition coefficient (Wildman–Crippen LogP) is 3.45. The molecule has 13 heteroatoms. The van der Waals surface area contributed by atoms with Gasteiger partial charge in [-0.2, -0.15) is 10.2 Å². The van der Waals surface area contributed by atoms with Gasteiger partial charge in [-0.05, 0) is 65.5 Å². The second kappa shape index (κ2) is 10.6. The molecule has 0 bridgehead atoms. The monoisotopic (exact) mass is 525 g/mol. The number of rotatable bonds is 9. The molecule has 0 radical (unpaired) electrons. The van der Waals surface area contributed by atoms with Gasteiger partial charge in [0.05, 0.1) is 41.6 Å². The van der Waals surface area contributed by atoms with Crippen LogP contribution in [0.25, 0.3) is 5.69 Å². The Morgan fingerprint density at radius 1 is 1.18 bits per heavy atom. The maximum absolute atomic E-state index is 15.1. The summed E-state index contributed by atoms with van der Waals surface area (Å²) >= 11 is 0.